The Morgan fingerprint density at radius 3 is 2.65 bits per heavy atom. The molecule has 1 aromatic heterocycles. The van der Waals surface area contributed by atoms with Crippen LogP contribution in [0, 0.1) is 6.92 Å². The van der Waals surface area contributed by atoms with Crippen molar-refractivity contribution < 1.29 is 14.1 Å². The lowest BCUT2D eigenvalue weighted by Gasteiger charge is -2.35. The van der Waals surface area contributed by atoms with Gasteiger partial charge >= 0.3 is 12.1 Å². The first kappa shape index (κ1) is 15.6. The summed E-state index contributed by atoms with van der Waals surface area (Å²) in [5.41, 5.74) is 0.773. The summed E-state index contributed by atoms with van der Waals surface area (Å²) in [6.45, 7) is 4.82. The number of piperidine rings is 1. The largest absolute Gasteiger partial charge is 0.362 e. The topological polar surface area (TPSA) is 90.7 Å². The lowest BCUT2D eigenvalue weighted by molar-refractivity contribution is 0.143. The Labute approximate surface area is 135 Å². The monoisotopic (exact) mass is 321 g/mol. The average Bonchev–Trinajstić information content (AvgIpc) is 3.19. The minimum absolute atomic E-state index is 0.0393. The third kappa shape index (κ3) is 3.75. The number of hydrogen-bond acceptors (Lipinski definition) is 4. The van der Waals surface area contributed by atoms with Crippen molar-refractivity contribution in [1.82, 2.24) is 20.3 Å². The van der Waals surface area contributed by atoms with Crippen molar-refractivity contribution in [1.29, 1.82) is 0 Å². The number of hydrogen-bond donors (Lipinski definition) is 2. The molecular weight excluding hydrogens is 298 g/mol. The first-order chi connectivity index (χ1) is 11.1. The number of nitrogens with one attached hydrogen (secondary N) is 2. The molecule has 8 heteroatoms. The van der Waals surface area contributed by atoms with Crippen molar-refractivity contribution in [3.8, 4) is 0 Å². The van der Waals surface area contributed by atoms with E-state index < -0.39 is 0 Å². The van der Waals surface area contributed by atoms with Crippen LogP contribution >= 0.6 is 0 Å². The number of anilines is 1. The summed E-state index contributed by atoms with van der Waals surface area (Å²) < 4.78 is 4.79. The van der Waals surface area contributed by atoms with Gasteiger partial charge in [-0.2, -0.15) is 0 Å². The molecule has 4 amide bonds. The van der Waals surface area contributed by atoms with E-state index in [-0.39, 0.29) is 18.1 Å². The van der Waals surface area contributed by atoms with Crippen molar-refractivity contribution in [2.75, 3.05) is 31.5 Å². The molecule has 0 aliphatic carbocycles. The highest BCUT2D eigenvalue weighted by molar-refractivity contribution is 5.89. The van der Waals surface area contributed by atoms with E-state index in [0.29, 0.717) is 12.4 Å². The highest BCUT2D eigenvalue weighted by atomic mass is 16.5. The maximum Gasteiger partial charge on any atom is 0.320 e. The Bertz CT molecular complexity index is 567. The lowest BCUT2D eigenvalue weighted by atomic mass is 10.1. The van der Waals surface area contributed by atoms with Gasteiger partial charge in [0.05, 0.1) is 0 Å². The molecule has 8 nitrogen and oxygen atoms in total. The third-order valence-corrected chi connectivity index (χ3v) is 4.38. The molecule has 2 N–H and O–H groups in total. The maximum atomic E-state index is 12.4. The van der Waals surface area contributed by atoms with Gasteiger partial charge < -0.3 is 19.6 Å². The van der Waals surface area contributed by atoms with Gasteiger partial charge in [0.15, 0.2) is 5.82 Å². The van der Waals surface area contributed by atoms with Crippen LogP contribution in [-0.4, -0.2) is 59.2 Å². The summed E-state index contributed by atoms with van der Waals surface area (Å²) in [6, 6.07) is -0.258. The molecule has 1 atom stereocenters. The summed E-state index contributed by atoms with van der Waals surface area (Å²) in [4.78, 5) is 28.2. The molecule has 2 aliphatic rings. The number of likely N-dealkylation sites (tertiary alicyclic amines) is 2. The fourth-order valence-corrected chi connectivity index (χ4v) is 3.11. The van der Waals surface area contributed by atoms with Gasteiger partial charge in [-0.15, -0.1) is 0 Å². The van der Waals surface area contributed by atoms with Crippen LogP contribution in [0.15, 0.2) is 10.8 Å². The highest BCUT2D eigenvalue weighted by Crippen LogP contribution is 2.16. The molecular formula is C15H23N5O3. The molecule has 0 spiro atoms. The number of carbonyl (C=O) groups is 2. The number of aryl methyl sites for hydroxylation is 1. The summed E-state index contributed by atoms with van der Waals surface area (Å²) >= 11 is 0. The molecule has 23 heavy (non-hydrogen) atoms. The predicted molar refractivity (Wildman–Crippen MR) is 84.2 cm³/mol. The third-order valence-electron chi connectivity index (χ3n) is 4.38. The van der Waals surface area contributed by atoms with E-state index in [1.165, 1.54) is 6.26 Å². The standard InChI is InChI=1S/C15H23N5O3/c1-11-10-23-18-13(11)17-14(21)16-12-5-4-8-20(9-12)15(22)19-6-2-3-7-19/h10,12H,2-9H2,1H3,(H2,16,17,18,21). The molecule has 1 unspecified atom stereocenters. The van der Waals surface area contributed by atoms with Gasteiger partial charge in [0.1, 0.15) is 6.26 Å². The SMILES string of the molecule is Cc1conc1NC(=O)NC1CCCN(C(=O)N2CCCC2)C1. The lowest BCUT2D eigenvalue weighted by Crippen LogP contribution is -2.53. The van der Waals surface area contributed by atoms with E-state index in [2.05, 4.69) is 15.8 Å². The fraction of sp³-hybridized carbons (Fsp3) is 0.667. The van der Waals surface area contributed by atoms with E-state index >= 15 is 0 Å². The van der Waals surface area contributed by atoms with Crippen LogP contribution in [0.1, 0.15) is 31.2 Å². The second kappa shape index (κ2) is 6.89. The van der Waals surface area contributed by atoms with Gasteiger partial charge in [-0.1, -0.05) is 5.16 Å². The normalized spacial score (nSPS) is 21.3. The van der Waals surface area contributed by atoms with Crippen LogP contribution in [0.25, 0.3) is 0 Å². The molecule has 0 aromatic carbocycles. The number of carbonyl (C=O) groups excluding carboxylic acids is 2. The molecule has 1 aromatic rings. The minimum Gasteiger partial charge on any atom is -0.362 e. The van der Waals surface area contributed by atoms with Crippen LogP contribution in [0.4, 0.5) is 15.4 Å². The number of urea groups is 2. The highest BCUT2D eigenvalue weighted by Gasteiger charge is 2.29. The zero-order valence-electron chi connectivity index (χ0n) is 13.4. The Hall–Kier alpha value is -2.25. The Morgan fingerprint density at radius 1 is 1.22 bits per heavy atom. The molecule has 126 valence electrons. The second-order valence-corrected chi connectivity index (χ2v) is 6.21. The smallest absolute Gasteiger partial charge is 0.320 e. The number of amides is 4. The van der Waals surface area contributed by atoms with E-state index in [9.17, 15) is 9.59 Å². The van der Waals surface area contributed by atoms with Gasteiger partial charge in [-0.25, -0.2) is 9.59 Å². The number of nitrogens with zero attached hydrogens (tertiary/aromatic N) is 3. The molecule has 2 saturated heterocycles. The Balaban J connectivity index is 1.51. The molecule has 0 bridgehead atoms. The van der Waals surface area contributed by atoms with Gasteiger partial charge in [-0.3, -0.25) is 5.32 Å². The van der Waals surface area contributed by atoms with Crippen molar-refractivity contribution in [3.05, 3.63) is 11.8 Å². The van der Waals surface area contributed by atoms with E-state index in [0.717, 1.165) is 50.9 Å². The molecule has 0 radical (unpaired) electrons. The van der Waals surface area contributed by atoms with Crippen LogP contribution in [-0.2, 0) is 0 Å². The van der Waals surface area contributed by atoms with E-state index in [1.807, 2.05) is 16.7 Å². The quantitative estimate of drug-likeness (QED) is 0.869. The van der Waals surface area contributed by atoms with Crippen LogP contribution in [0.2, 0.25) is 0 Å². The molecule has 2 aliphatic heterocycles. The van der Waals surface area contributed by atoms with Crippen molar-refractivity contribution >= 4 is 17.9 Å². The second-order valence-electron chi connectivity index (χ2n) is 6.21. The zero-order valence-corrected chi connectivity index (χ0v) is 13.4. The van der Waals surface area contributed by atoms with Crippen molar-refractivity contribution in [3.63, 3.8) is 0 Å². The zero-order chi connectivity index (χ0) is 16.2. The van der Waals surface area contributed by atoms with Crippen LogP contribution in [0.5, 0.6) is 0 Å². The summed E-state index contributed by atoms with van der Waals surface area (Å²) in [5.74, 6) is 0.420. The van der Waals surface area contributed by atoms with E-state index in [1.54, 1.807) is 0 Å². The summed E-state index contributed by atoms with van der Waals surface area (Å²) in [5, 5.41) is 9.31. The maximum absolute atomic E-state index is 12.4. The van der Waals surface area contributed by atoms with E-state index in [4.69, 9.17) is 4.52 Å². The summed E-state index contributed by atoms with van der Waals surface area (Å²) in [7, 11) is 0. The van der Waals surface area contributed by atoms with Crippen molar-refractivity contribution in [2.45, 2.75) is 38.6 Å². The average molecular weight is 321 g/mol. The molecule has 3 heterocycles. The van der Waals surface area contributed by atoms with Gasteiger partial charge in [0.2, 0.25) is 0 Å². The Morgan fingerprint density at radius 2 is 1.96 bits per heavy atom. The van der Waals surface area contributed by atoms with Crippen molar-refractivity contribution in [2.24, 2.45) is 0 Å². The first-order valence-electron chi connectivity index (χ1n) is 8.16. The van der Waals surface area contributed by atoms with Crippen LogP contribution in [0.3, 0.4) is 0 Å². The van der Waals surface area contributed by atoms with Crippen LogP contribution < -0.4 is 10.6 Å². The van der Waals surface area contributed by atoms with Gasteiger partial charge in [-0.05, 0) is 32.6 Å². The molecule has 3 rings (SSSR count). The first-order valence-corrected chi connectivity index (χ1v) is 8.16. The molecule has 2 fully saturated rings. The number of aromatic nitrogens is 1. The fourth-order valence-electron chi connectivity index (χ4n) is 3.11. The summed E-state index contributed by atoms with van der Waals surface area (Å²) in [6.07, 6.45) is 5.41. The van der Waals surface area contributed by atoms with Gasteiger partial charge in [0, 0.05) is 37.8 Å². The Kier molecular flexibility index (Phi) is 4.68. The predicted octanol–water partition coefficient (Wildman–Crippen LogP) is 1.78. The molecule has 0 saturated carbocycles. The van der Waals surface area contributed by atoms with Gasteiger partial charge in [0.25, 0.3) is 0 Å². The number of rotatable bonds is 2. The minimum atomic E-state index is -0.317.